The fourth-order valence-corrected chi connectivity index (χ4v) is 3.52. The summed E-state index contributed by atoms with van der Waals surface area (Å²) in [4.78, 5) is 29.6. The van der Waals surface area contributed by atoms with Gasteiger partial charge in [0.25, 0.3) is 11.8 Å². The molecule has 0 N–H and O–H groups in total. The zero-order chi connectivity index (χ0) is 18.0. The van der Waals surface area contributed by atoms with Crippen LogP contribution in [0.25, 0.3) is 5.57 Å². The molecule has 2 aliphatic heterocycles. The fourth-order valence-electron chi connectivity index (χ4n) is 3.52. The van der Waals surface area contributed by atoms with E-state index in [1.165, 1.54) is 11.3 Å². The molecule has 0 unspecified atom stereocenters. The van der Waals surface area contributed by atoms with Crippen molar-refractivity contribution in [2.75, 3.05) is 26.7 Å². The molecule has 1 saturated heterocycles. The van der Waals surface area contributed by atoms with Crippen LogP contribution in [0.4, 0.5) is 0 Å². The molecule has 0 aromatic heterocycles. The van der Waals surface area contributed by atoms with E-state index in [9.17, 15) is 9.59 Å². The van der Waals surface area contributed by atoms with Crippen LogP contribution < -0.4 is 4.74 Å². The topological polar surface area (TPSA) is 49.9 Å². The minimum Gasteiger partial charge on any atom is -0.497 e. The number of ether oxygens (including phenoxy) is 1. The maximum absolute atomic E-state index is 13.0. The van der Waals surface area contributed by atoms with Gasteiger partial charge in [-0.15, -0.1) is 0 Å². The van der Waals surface area contributed by atoms with Gasteiger partial charge in [-0.25, -0.2) is 0 Å². The van der Waals surface area contributed by atoms with E-state index in [-0.39, 0.29) is 17.7 Å². The second-order valence-electron chi connectivity index (χ2n) is 7.11. The highest BCUT2D eigenvalue weighted by molar-refractivity contribution is 6.35. The molecule has 5 nitrogen and oxygen atoms in total. The number of hydrogen-bond acceptors (Lipinski definition) is 4. The Morgan fingerprint density at radius 3 is 2.20 bits per heavy atom. The molecule has 5 heteroatoms. The predicted octanol–water partition coefficient (Wildman–Crippen LogP) is 2.92. The average Bonchev–Trinajstić information content (AvgIpc) is 2.87. The highest BCUT2D eigenvalue weighted by Gasteiger charge is 2.41. The minimum absolute atomic E-state index is 0.147. The van der Waals surface area contributed by atoms with Gasteiger partial charge in [-0.05, 0) is 42.9 Å². The molecule has 1 aromatic rings. The first-order chi connectivity index (χ1) is 12.0. The Kier molecular flexibility index (Phi) is 5.11. The largest absolute Gasteiger partial charge is 0.497 e. The second-order valence-corrected chi connectivity index (χ2v) is 7.11. The predicted molar refractivity (Wildman–Crippen MR) is 96.9 cm³/mol. The van der Waals surface area contributed by atoms with Crippen molar-refractivity contribution in [1.82, 2.24) is 9.80 Å². The maximum atomic E-state index is 13.0. The monoisotopic (exact) mass is 342 g/mol. The molecule has 2 aliphatic rings. The van der Waals surface area contributed by atoms with E-state index in [4.69, 9.17) is 4.74 Å². The van der Waals surface area contributed by atoms with Crippen molar-refractivity contribution in [1.29, 1.82) is 0 Å². The quantitative estimate of drug-likeness (QED) is 0.772. The van der Waals surface area contributed by atoms with Crippen LogP contribution in [0.2, 0.25) is 0 Å². The third kappa shape index (κ3) is 3.41. The lowest BCUT2D eigenvalue weighted by molar-refractivity contribution is -0.138. The summed E-state index contributed by atoms with van der Waals surface area (Å²) in [5.74, 6) is 0.654. The van der Waals surface area contributed by atoms with Gasteiger partial charge in [-0.2, -0.15) is 0 Å². The summed E-state index contributed by atoms with van der Waals surface area (Å²) in [6, 6.07) is 7.39. The lowest BCUT2D eigenvalue weighted by atomic mass is 10.0. The molecule has 3 rings (SSSR count). The van der Waals surface area contributed by atoms with Crippen LogP contribution in [0.3, 0.4) is 0 Å². The summed E-state index contributed by atoms with van der Waals surface area (Å²) in [6.07, 6.45) is 3.30. The zero-order valence-electron chi connectivity index (χ0n) is 15.2. The lowest BCUT2D eigenvalue weighted by Gasteiger charge is -2.29. The molecule has 2 heterocycles. The number of carbonyl (C=O) groups excluding carboxylic acids is 2. The molecule has 1 aromatic carbocycles. The summed E-state index contributed by atoms with van der Waals surface area (Å²) in [7, 11) is 1.61. The van der Waals surface area contributed by atoms with Gasteiger partial charge in [-0.1, -0.05) is 26.0 Å². The summed E-state index contributed by atoms with van der Waals surface area (Å²) in [5.41, 5.74) is 1.90. The number of methoxy groups -OCH3 is 1. The standard InChI is InChI=1S/C20H26N2O3/c1-14(2)13-22-19(23)17(15-7-9-16(25-3)10-8-15)18(20(22)24)21-11-5-4-6-12-21/h7-10,14H,4-6,11-13H2,1-3H3. The highest BCUT2D eigenvalue weighted by atomic mass is 16.5. The minimum atomic E-state index is -0.176. The average molecular weight is 342 g/mol. The van der Waals surface area contributed by atoms with Gasteiger partial charge in [0.15, 0.2) is 0 Å². The van der Waals surface area contributed by atoms with Crippen molar-refractivity contribution in [3.8, 4) is 5.75 Å². The second kappa shape index (κ2) is 7.30. The fraction of sp³-hybridized carbons (Fsp3) is 0.500. The van der Waals surface area contributed by atoms with Crippen LogP contribution in [-0.4, -0.2) is 48.4 Å². The van der Waals surface area contributed by atoms with Crippen molar-refractivity contribution < 1.29 is 14.3 Å². The maximum Gasteiger partial charge on any atom is 0.277 e. The molecule has 0 bridgehead atoms. The SMILES string of the molecule is COc1ccc(C2=C(N3CCCCC3)C(=O)N(CC(C)C)C2=O)cc1. The Morgan fingerprint density at radius 2 is 1.64 bits per heavy atom. The van der Waals surface area contributed by atoms with Crippen LogP contribution >= 0.6 is 0 Å². The number of nitrogens with zero attached hydrogens (tertiary/aromatic N) is 2. The highest BCUT2D eigenvalue weighted by Crippen LogP contribution is 2.34. The smallest absolute Gasteiger partial charge is 0.277 e. The van der Waals surface area contributed by atoms with Crippen LogP contribution in [0, 0.1) is 5.92 Å². The molecule has 1 fully saturated rings. The third-order valence-corrected chi connectivity index (χ3v) is 4.74. The first kappa shape index (κ1) is 17.5. The van der Waals surface area contributed by atoms with E-state index >= 15 is 0 Å². The van der Waals surface area contributed by atoms with Crippen LogP contribution in [0.1, 0.15) is 38.7 Å². The lowest BCUT2D eigenvalue weighted by Crippen LogP contribution is -2.38. The molecule has 0 aliphatic carbocycles. The summed E-state index contributed by atoms with van der Waals surface area (Å²) in [5, 5.41) is 0. The van der Waals surface area contributed by atoms with Crippen molar-refractivity contribution in [2.45, 2.75) is 33.1 Å². The van der Waals surface area contributed by atoms with Gasteiger partial charge < -0.3 is 9.64 Å². The molecule has 0 atom stereocenters. The Hall–Kier alpha value is -2.30. The van der Waals surface area contributed by atoms with Gasteiger partial charge >= 0.3 is 0 Å². The van der Waals surface area contributed by atoms with Crippen molar-refractivity contribution in [3.63, 3.8) is 0 Å². The number of likely N-dealkylation sites (tertiary alicyclic amines) is 1. The first-order valence-corrected chi connectivity index (χ1v) is 9.02. The summed E-state index contributed by atoms with van der Waals surface area (Å²) in [6.45, 7) is 6.17. The number of amides is 2. The number of rotatable bonds is 5. The Morgan fingerprint density at radius 1 is 1.00 bits per heavy atom. The number of carbonyl (C=O) groups is 2. The summed E-state index contributed by atoms with van der Waals surface area (Å²) < 4.78 is 5.21. The number of hydrogen-bond donors (Lipinski definition) is 0. The molecule has 0 radical (unpaired) electrons. The van der Waals surface area contributed by atoms with Gasteiger partial charge in [0.1, 0.15) is 11.4 Å². The zero-order valence-corrected chi connectivity index (χ0v) is 15.2. The Bertz CT molecular complexity index is 685. The normalized spacial score (nSPS) is 18.6. The van der Waals surface area contributed by atoms with Crippen molar-refractivity contribution in [3.05, 3.63) is 35.5 Å². The van der Waals surface area contributed by atoms with Crippen LogP contribution in [0.15, 0.2) is 30.0 Å². The van der Waals surface area contributed by atoms with Gasteiger partial charge in [0.2, 0.25) is 0 Å². The van der Waals surface area contributed by atoms with E-state index in [1.807, 2.05) is 38.1 Å². The molecule has 0 spiro atoms. The van der Waals surface area contributed by atoms with Gasteiger partial charge in [-0.3, -0.25) is 14.5 Å². The van der Waals surface area contributed by atoms with E-state index in [0.717, 1.165) is 37.2 Å². The summed E-state index contributed by atoms with van der Waals surface area (Å²) >= 11 is 0. The molecule has 0 saturated carbocycles. The van der Waals surface area contributed by atoms with Crippen molar-refractivity contribution in [2.24, 2.45) is 5.92 Å². The molecule has 25 heavy (non-hydrogen) atoms. The van der Waals surface area contributed by atoms with E-state index in [0.29, 0.717) is 17.8 Å². The molecular formula is C20H26N2O3. The molecular weight excluding hydrogens is 316 g/mol. The number of imide groups is 1. The molecule has 134 valence electrons. The van der Waals surface area contributed by atoms with Gasteiger partial charge in [0, 0.05) is 19.6 Å². The van der Waals surface area contributed by atoms with Gasteiger partial charge in [0.05, 0.1) is 12.7 Å². The van der Waals surface area contributed by atoms with Crippen LogP contribution in [-0.2, 0) is 9.59 Å². The van der Waals surface area contributed by atoms with Crippen LogP contribution in [0.5, 0.6) is 5.75 Å². The van der Waals surface area contributed by atoms with Crippen molar-refractivity contribution >= 4 is 17.4 Å². The van der Waals surface area contributed by atoms with E-state index < -0.39 is 0 Å². The molecule has 2 amide bonds. The number of benzene rings is 1. The van der Waals surface area contributed by atoms with E-state index in [1.54, 1.807) is 7.11 Å². The third-order valence-electron chi connectivity index (χ3n) is 4.74. The van der Waals surface area contributed by atoms with E-state index in [2.05, 4.69) is 4.90 Å². The number of piperidine rings is 1. The Balaban J connectivity index is 2.03. The Labute approximate surface area is 149 Å². The first-order valence-electron chi connectivity index (χ1n) is 9.02.